The maximum Gasteiger partial charge on any atom is 0.204 e. The number of aromatic nitrogens is 2. The van der Waals surface area contributed by atoms with Gasteiger partial charge in [0.1, 0.15) is 0 Å². The standard InChI is InChI=1S/C18H16Cl2N4S/c1-2-4-16-17(13-6-7-14(19)15(20)9-13)23-18(25-16)24-22-11-12-5-3-8-21-10-12/h3,5-11H,2,4H2,1H3,(H,23,24). The van der Waals surface area contributed by atoms with Crippen LogP contribution in [0.4, 0.5) is 5.13 Å². The van der Waals surface area contributed by atoms with E-state index < -0.39 is 0 Å². The van der Waals surface area contributed by atoms with Gasteiger partial charge in [-0.1, -0.05) is 60.0 Å². The molecule has 4 nitrogen and oxygen atoms in total. The van der Waals surface area contributed by atoms with E-state index in [-0.39, 0.29) is 0 Å². The van der Waals surface area contributed by atoms with Crippen LogP contribution in [0, 0.1) is 0 Å². The molecule has 1 aromatic carbocycles. The number of benzene rings is 1. The van der Waals surface area contributed by atoms with Gasteiger partial charge in [-0.15, -0.1) is 0 Å². The van der Waals surface area contributed by atoms with Crippen molar-refractivity contribution in [1.82, 2.24) is 9.97 Å². The Bertz CT molecular complexity index is 878. The molecule has 0 spiro atoms. The molecule has 0 unspecified atom stereocenters. The number of halogens is 2. The van der Waals surface area contributed by atoms with Crippen LogP contribution in [0.25, 0.3) is 11.3 Å². The Morgan fingerprint density at radius 3 is 2.84 bits per heavy atom. The molecule has 2 aromatic heterocycles. The van der Waals surface area contributed by atoms with Gasteiger partial charge in [-0.2, -0.15) is 5.10 Å². The van der Waals surface area contributed by atoms with Crippen molar-refractivity contribution in [2.45, 2.75) is 19.8 Å². The van der Waals surface area contributed by atoms with E-state index in [1.165, 1.54) is 4.88 Å². The first-order valence-electron chi connectivity index (χ1n) is 7.81. The van der Waals surface area contributed by atoms with Gasteiger partial charge in [0.2, 0.25) is 5.13 Å². The summed E-state index contributed by atoms with van der Waals surface area (Å²) in [6.07, 6.45) is 7.17. The molecule has 128 valence electrons. The smallest absolute Gasteiger partial charge is 0.204 e. The number of aryl methyl sites for hydroxylation is 1. The molecule has 0 aliphatic carbocycles. The minimum Gasteiger partial charge on any atom is -0.264 e. The third kappa shape index (κ3) is 4.57. The van der Waals surface area contributed by atoms with E-state index in [9.17, 15) is 0 Å². The topological polar surface area (TPSA) is 50.2 Å². The normalized spacial score (nSPS) is 11.2. The molecule has 0 amide bonds. The summed E-state index contributed by atoms with van der Waals surface area (Å²) in [5, 5.41) is 6.04. The lowest BCUT2D eigenvalue weighted by Crippen LogP contribution is -1.90. The molecule has 0 saturated carbocycles. The summed E-state index contributed by atoms with van der Waals surface area (Å²) in [6, 6.07) is 9.38. The lowest BCUT2D eigenvalue weighted by Gasteiger charge is -2.03. The molecule has 0 aliphatic rings. The van der Waals surface area contributed by atoms with E-state index in [1.807, 2.05) is 24.3 Å². The Kier molecular flexibility index (Phi) is 6.02. The van der Waals surface area contributed by atoms with Crippen molar-refractivity contribution >= 4 is 45.9 Å². The van der Waals surface area contributed by atoms with E-state index in [4.69, 9.17) is 23.2 Å². The first kappa shape index (κ1) is 17.9. The summed E-state index contributed by atoms with van der Waals surface area (Å²) in [5.74, 6) is 0. The monoisotopic (exact) mass is 390 g/mol. The van der Waals surface area contributed by atoms with Crippen LogP contribution in [0.3, 0.4) is 0 Å². The highest BCUT2D eigenvalue weighted by Gasteiger charge is 2.13. The predicted molar refractivity (Wildman–Crippen MR) is 107 cm³/mol. The Morgan fingerprint density at radius 1 is 1.24 bits per heavy atom. The summed E-state index contributed by atoms with van der Waals surface area (Å²) < 4.78 is 0. The number of hydrogen-bond donors (Lipinski definition) is 1. The summed E-state index contributed by atoms with van der Waals surface area (Å²) in [5.41, 5.74) is 5.80. The number of anilines is 1. The Labute approximate surface area is 160 Å². The molecule has 25 heavy (non-hydrogen) atoms. The number of nitrogens with zero attached hydrogens (tertiary/aromatic N) is 3. The van der Waals surface area contributed by atoms with Gasteiger partial charge in [-0.05, 0) is 24.6 Å². The van der Waals surface area contributed by atoms with E-state index >= 15 is 0 Å². The van der Waals surface area contributed by atoms with Gasteiger partial charge in [-0.25, -0.2) is 4.98 Å². The average Bonchev–Trinajstić information content (AvgIpc) is 3.01. The summed E-state index contributed by atoms with van der Waals surface area (Å²) in [7, 11) is 0. The van der Waals surface area contributed by atoms with Crippen molar-refractivity contribution in [3.8, 4) is 11.3 Å². The summed E-state index contributed by atoms with van der Waals surface area (Å²) >= 11 is 13.8. The Balaban J connectivity index is 1.84. The zero-order valence-corrected chi connectivity index (χ0v) is 15.9. The van der Waals surface area contributed by atoms with E-state index in [0.717, 1.165) is 34.8 Å². The SMILES string of the molecule is CCCc1sc(NN=Cc2cccnc2)nc1-c1ccc(Cl)c(Cl)c1. The van der Waals surface area contributed by atoms with Crippen LogP contribution in [0.5, 0.6) is 0 Å². The van der Waals surface area contributed by atoms with Crippen molar-refractivity contribution in [1.29, 1.82) is 0 Å². The zero-order valence-electron chi connectivity index (χ0n) is 13.5. The first-order valence-corrected chi connectivity index (χ1v) is 9.39. The highest BCUT2D eigenvalue weighted by atomic mass is 35.5. The maximum absolute atomic E-state index is 6.15. The quantitative estimate of drug-likeness (QED) is 0.420. The van der Waals surface area contributed by atoms with Crippen molar-refractivity contribution in [3.05, 3.63) is 63.2 Å². The summed E-state index contributed by atoms with van der Waals surface area (Å²) in [4.78, 5) is 9.92. The van der Waals surface area contributed by atoms with Crippen LogP contribution in [-0.4, -0.2) is 16.2 Å². The van der Waals surface area contributed by atoms with Gasteiger partial charge >= 0.3 is 0 Å². The van der Waals surface area contributed by atoms with Crippen LogP contribution < -0.4 is 5.43 Å². The highest BCUT2D eigenvalue weighted by molar-refractivity contribution is 7.16. The molecule has 0 atom stereocenters. The molecule has 0 fully saturated rings. The molecule has 2 heterocycles. The number of thiazole rings is 1. The molecular weight excluding hydrogens is 375 g/mol. The molecule has 7 heteroatoms. The van der Waals surface area contributed by atoms with Crippen molar-refractivity contribution in [2.24, 2.45) is 5.10 Å². The second kappa shape index (κ2) is 8.43. The van der Waals surface area contributed by atoms with Gasteiger partial charge in [0.05, 0.1) is 22.0 Å². The maximum atomic E-state index is 6.15. The average molecular weight is 391 g/mol. The van der Waals surface area contributed by atoms with Gasteiger partial charge in [0.25, 0.3) is 0 Å². The van der Waals surface area contributed by atoms with Gasteiger partial charge in [-0.3, -0.25) is 10.4 Å². The third-order valence-corrected chi connectivity index (χ3v) is 5.18. The van der Waals surface area contributed by atoms with Crippen LogP contribution in [0.2, 0.25) is 10.0 Å². The van der Waals surface area contributed by atoms with Gasteiger partial charge in [0.15, 0.2) is 0 Å². The fourth-order valence-corrected chi connectivity index (χ4v) is 3.61. The van der Waals surface area contributed by atoms with E-state index in [0.29, 0.717) is 10.0 Å². The van der Waals surface area contributed by atoms with Crippen molar-refractivity contribution in [2.75, 3.05) is 5.43 Å². The predicted octanol–water partition coefficient (Wildman–Crippen LogP) is 5.91. The number of hydrogen-bond acceptors (Lipinski definition) is 5. The van der Waals surface area contributed by atoms with Crippen molar-refractivity contribution < 1.29 is 0 Å². The van der Waals surface area contributed by atoms with Crippen molar-refractivity contribution in [3.63, 3.8) is 0 Å². The number of pyridine rings is 1. The molecule has 3 rings (SSSR count). The van der Waals surface area contributed by atoms with E-state index in [2.05, 4.69) is 27.4 Å². The summed E-state index contributed by atoms with van der Waals surface area (Å²) in [6.45, 7) is 2.14. The van der Waals surface area contributed by atoms with Crippen LogP contribution in [0.15, 0.2) is 47.8 Å². The molecule has 0 aliphatic heterocycles. The Morgan fingerprint density at radius 2 is 2.12 bits per heavy atom. The largest absolute Gasteiger partial charge is 0.264 e. The molecule has 0 saturated heterocycles. The van der Waals surface area contributed by atoms with Crippen LogP contribution >= 0.6 is 34.5 Å². The molecule has 0 bridgehead atoms. The van der Waals surface area contributed by atoms with E-state index in [1.54, 1.807) is 36.0 Å². The second-order valence-electron chi connectivity index (χ2n) is 5.33. The van der Waals surface area contributed by atoms with Crippen LogP contribution in [-0.2, 0) is 6.42 Å². The van der Waals surface area contributed by atoms with Crippen LogP contribution in [0.1, 0.15) is 23.8 Å². The lowest BCUT2D eigenvalue weighted by molar-refractivity contribution is 0.938. The van der Waals surface area contributed by atoms with Gasteiger partial charge in [0, 0.05) is 28.4 Å². The minimum atomic E-state index is 0.527. The number of nitrogens with one attached hydrogen (secondary N) is 1. The number of hydrazone groups is 1. The lowest BCUT2D eigenvalue weighted by atomic mass is 10.1. The van der Waals surface area contributed by atoms with Gasteiger partial charge < -0.3 is 0 Å². The third-order valence-electron chi connectivity index (χ3n) is 3.43. The fraction of sp³-hybridized carbons (Fsp3) is 0.167. The first-order chi connectivity index (χ1) is 12.2. The zero-order chi connectivity index (χ0) is 17.6. The fourth-order valence-electron chi connectivity index (χ4n) is 2.28. The Hall–Kier alpha value is -1.95. The number of rotatable bonds is 6. The molecular formula is C18H16Cl2N4S. The second-order valence-corrected chi connectivity index (χ2v) is 7.22. The molecule has 3 aromatic rings. The molecule has 0 radical (unpaired) electrons. The molecule has 1 N–H and O–H groups in total. The highest BCUT2D eigenvalue weighted by Crippen LogP contribution is 2.35. The minimum absolute atomic E-state index is 0.527.